The van der Waals surface area contributed by atoms with Crippen LogP contribution in [0.1, 0.15) is 11.1 Å². The molecule has 0 amide bonds. The van der Waals surface area contributed by atoms with E-state index in [-0.39, 0.29) is 5.82 Å². The summed E-state index contributed by atoms with van der Waals surface area (Å²) in [6.07, 6.45) is 1.45. The van der Waals surface area contributed by atoms with Crippen molar-refractivity contribution in [2.45, 2.75) is 0 Å². The van der Waals surface area contributed by atoms with Crippen LogP contribution < -0.4 is 4.74 Å². The average Bonchev–Trinajstić information content (AvgIpc) is 2.46. The second kappa shape index (κ2) is 5.83. The SMILES string of the molecule is COc1ccc(C(=CC#N)c2ccc(F)cc2)cc1. The molecule has 0 aliphatic heterocycles. The Balaban J connectivity index is 2.43. The fourth-order valence-corrected chi connectivity index (χ4v) is 1.80. The van der Waals surface area contributed by atoms with Gasteiger partial charge in [-0.25, -0.2) is 4.39 Å². The molecule has 19 heavy (non-hydrogen) atoms. The number of ether oxygens (including phenoxy) is 1. The van der Waals surface area contributed by atoms with Crippen LogP contribution in [0.3, 0.4) is 0 Å². The van der Waals surface area contributed by atoms with Gasteiger partial charge in [0.05, 0.1) is 13.2 Å². The van der Waals surface area contributed by atoms with Gasteiger partial charge in [-0.1, -0.05) is 24.3 Å². The van der Waals surface area contributed by atoms with Crippen LogP contribution in [-0.2, 0) is 0 Å². The van der Waals surface area contributed by atoms with E-state index >= 15 is 0 Å². The van der Waals surface area contributed by atoms with Crippen molar-refractivity contribution in [3.8, 4) is 11.8 Å². The summed E-state index contributed by atoms with van der Waals surface area (Å²) in [6.45, 7) is 0. The lowest BCUT2D eigenvalue weighted by atomic mass is 9.97. The summed E-state index contributed by atoms with van der Waals surface area (Å²) >= 11 is 0. The van der Waals surface area contributed by atoms with Crippen molar-refractivity contribution in [2.24, 2.45) is 0 Å². The maximum Gasteiger partial charge on any atom is 0.123 e. The van der Waals surface area contributed by atoms with E-state index < -0.39 is 0 Å². The predicted octanol–water partition coefficient (Wildman–Crippen LogP) is 3.79. The third kappa shape index (κ3) is 2.99. The maximum atomic E-state index is 12.9. The molecule has 0 radical (unpaired) electrons. The highest BCUT2D eigenvalue weighted by molar-refractivity contribution is 5.81. The molecule has 2 nitrogen and oxygen atoms in total. The Labute approximate surface area is 111 Å². The van der Waals surface area contributed by atoms with Gasteiger partial charge in [-0.2, -0.15) is 5.26 Å². The van der Waals surface area contributed by atoms with E-state index in [1.54, 1.807) is 19.2 Å². The summed E-state index contributed by atoms with van der Waals surface area (Å²) in [5, 5.41) is 8.89. The van der Waals surface area contributed by atoms with Gasteiger partial charge in [-0.15, -0.1) is 0 Å². The van der Waals surface area contributed by atoms with Crippen molar-refractivity contribution in [1.82, 2.24) is 0 Å². The van der Waals surface area contributed by atoms with Crippen LogP contribution in [-0.4, -0.2) is 7.11 Å². The minimum Gasteiger partial charge on any atom is -0.497 e. The van der Waals surface area contributed by atoms with Crippen LogP contribution in [0.5, 0.6) is 5.75 Å². The molecule has 94 valence electrons. The monoisotopic (exact) mass is 253 g/mol. The van der Waals surface area contributed by atoms with E-state index in [9.17, 15) is 4.39 Å². The highest BCUT2D eigenvalue weighted by Crippen LogP contribution is 2.25. The highest BCUT2D eigenvalue weighted by atomic mass is 19.1. The van der Waals surface area contributed by atoms with Gasteiger partial charge in [0.25, 0.3) is 0 Å². The zero-order chi connectivity index (χ0) is 13.7. The first-order valence-electron chi connectivity index (χ1n) is 5.75. The van der Waals surface area contributed by atoms with Gasteiger partial charge < -0.3 is 4.74 Å². The Morgan fingerprint density at radius 1 is 1.05 bits per heavy atom. The Morgan fingerprint density at radius 3 is 2.05 bits per heavy atom. The van der Waals surface area contributed by atoms with E-state index in [0.717, 1.165) is 22.4 Å². The van der Waals surface area contributed by atoms with Crippen molar-refractivity contribution in [2.75, 3.05) is 7.11 Å². The molecule has 0 N–H and O–H groups in total. The van der Waals surface area contributed by atoms with Crippen molar-refractivity contribution in [1.29, 1.82) is 5.26 Å². The molecule has 2 aromatic rings. The molecule has 0 spiro atoms. The van der Waals surface area contributed by atoms with Gasteiger partial charge in [0, 0.05) is 6.08 Å². The fourth-order valence-electron chi connectivity index (χ4n) is 1.80. The molecular formula is C16H12FNO. The number of nitriles is 1. The second-order valence-corrected chi connectivity index (χ2v) is 3.92. The average molecular weight is 253 g/mol. The summed E-state index contributed by atoms with van der Waals surface area (Å²) < 4.78 is 18.0. The zero-order valence-corrected chi connectivity index (χ0v) is 10.4. The molecule has 0 aliphatic rings. The van der Waals surface area contributed by atoms with E-state index in [1.165, 1.54) is 18.2 Å². The van der Waals surface area contributed by atoms with Crippen molar-refractivity contribution in [3.05, 3.63) is 71.6 Å². The van der Waals surface area contributed by atoms with Gasteiger partial charge in [0.15, 0.2) is 0 Å². The maximum absolute atomic E-state index is 12.9. The molecule has 2 rings (SSSR count). The first-order chi connectivity index (χ1) is 9.24. The molecule has 0 saturated heterocycles. The molecule has 0 heterocycles. The number of rotatable bonds is 3. The number of halogens is 1. The van der Waals surface area contributed by atoms with E-state index in [4.69, 9.17) is 10.00 Å². The van der Waals surface area contributed by atoms with Crippen molar-refractivity contribution < 1.29 is 9.13 Å². The molecule has 3 heteroatoms. The third-order valence-electron chi connectivity index (χ3n) is 2.77. The van der Waals surface area contributed by atoms with Gasteiger partial charge in [0.2, 0.25) is 0 Å². The zero-order valence-electron chi connectivity index (χ0n) is 10.4. The first-order valence-corrected chi connectivity index (χ1v) is 5.75. The molecular weight excluding hydrogens is 241 g/mol. The van der Waals surface area contributed by atoms with Crippen LogP contribution in [0.4, 0.5) is 4.39 Å². The number of allylic oxidation sites excluding steroid dienone is 1. The second-order valence-electron chi connectivity index (χ2n) is 3.92. The van der Waals surface area contributed by atoms with Gasteiger partial charge in [0.1, 0.15) is 11.6 Å². The molecule has 0 aromatic heterocycles. The fraction of sp³-hybridized carbons (Fsp3) is 0.0625. The predicted molar refractivity (Wildman–Crippen MR) is 72.1 cm³/mol. The summed E-state index contributed by atoms with van der Waals surface area (Å²) in [4.78, 5) is 0. The first kappa shape index (κ1) is 12.8. The normalized spacial score (nSPS) is 10.9. The number of methoxy groups -OCH3 is 1. The number of nitrogens with zero attached hydrogens (tertiary/aromatic N) is 1. The number of benzene rings is 2. The quantitative estimate of drug-likeness (QED) is 0.780. The molecule has 0 atom stereocenters. The van der Waals surface area contributed by atoms with Crippen LogP contribution in [0.15, 0.2) is 54.6 Å². The van der Waals surface area contributed by atoms with Crippen LogP contribution >= 0.6 is 0 Å². The van der Waals surface area contributed by atoms with Gasteiger partial charge in [-0.05, 0) is 41.0 Å². The van der Waals surface area contributed by atoms with Crippen molar-refractivity contribution >= 4 is 5.57 Å². The Hall–Kier alpha value is -2.60. The smallest absolute Gasteiger partial charge is 0.123 e. The standard InChI is InChI=1S/C16H12FNO/c1-19-15-8-4-13(5-9-15)16(10-11-18)12-2-6-14(17)7-3-12/h2-10H,1H3. The highest BCUT2D eigenvalue weighted by Gasteiger charge is 2.05. The summed E-state index contributed by atoms with van der Waals surface area (Å²) in [6, 6.07) is 15.5. The molecule has 0 saturated carbocycles. The molecule has 0 fully saturated rings. The molecule has 0 aliphatic carbocycles. The summed E-state index contributed by atoms with van der Waals surface area (Å²) in [7, 11) is 1.60. The lowest BCUT2D eigenvalue weighted by molar-refractivity contribution is 0.415. The van der Waals surface area contributed by atoms with E-state index in [1.807, 2.05) is 30.3 Å². The van der Waals surface area contributed by atoms with Crippen LogP contribution in [0, 0.1) is 17.1 Å². The van der Waals surface area contributed by atoms with E-state index in [0.29, 0.717) is 0 Å². The summed E-state index contributed by atoms with van der Waals surface area (Å²) in [5.41, 5.74) is 2.44. The number of hydrogen-bond acceptors (Lipinski definition) is 2. The largest absolute Gasteiger partial charge is 0.497 e. The van der Waals surface area contributed by atoms with Crippen molar-refractivity contribution in [3.63, 3.8) is 0 Å². The minimum atomic E-state index is -0.296. The van der Waals surface area contributed by atoms with Crippen LogP contribution in [0.25, 0.3) is 5.57 Å². The lowest BCUT2D eigenvalue weighted by Crippen LogP contribution is -1.89. The molecule has 0 unspecified atom stereocenters. The number of hydrogen-bond donors (Lipinski definition) is 0. The third-order valence-corrected chi connectivity index (χ3v) is 2.77. The Bertz CT molecular complexity index is 621. The molecule has 0 bridgehead atoms. The lowest BCUT2D eigenvalue weighted by Gasteiger charge is -2.08. The van der Waals surface area contributed by atoms with E-state index in [2.05, 4.69) is 0 Å². The topological polar surface area (TPSA) is 33.0 Å². The van der Waals surface area contributed by atoms with Crippen LogP contribution in [0.2, 0.25) is 0 Å². The Kier molecular flexibility index (Phi) is 3.94. The van der Waals surface area contributed by atoms with Gasteiger partial charge >= 0.3 is 0 Å². The van der Waals surface area contributed by atoms with Gasteiger partial charge in [-0.3, -0.25) is 0 Å². The minimum absolute atomic E-state index is 0.296. The summed E-state index contributed by atoms with van der Waals surface area (Å²) in [5.74, 6) is 0.453. The molecule has 2 aromatic carbocycles. The Morgan fingerprint density at radius 2 is 1.58 bits per heavy atom.